The van der Waals surface area contributed by atoms with Gasteiger partial charge in [0.15, 0.2) is 0 Å². The monoisotopic (exact) mass is 420 g/mol. The molecule has 0 N–H and O–H groups in total. The number of hydrogen-bond donors (Lipinski definition) is 0. The van der Waals surface area contributed by atoms with E-state index in [2.05, 4.69) is 15.0 Å². The van der Waals surface area contributed by atoms with E-state index in [1.54, 1.807) is 30.5 Å². The van der Waals surface area contributed by atoms with E-state index in [1.807, 2.05) is 36.4 Å². The van der Waals surface area contributed by atoms with Crippen molar-refractivity contribution in [2.45, 2.75) is 12.5 Å². The van der Waals surface area contributed by atoms with Gasteiger partial charge >= 0.3 is 0 Å². The Morgan fingerprint density at radius 1 is 1.10 bits per heavy atom. The standard InChI is InChI=1S/C23H24N4O4/c1-29-9-10-30-20-4-2-3-17(11-20)18-5-6-22(25-13-18)31-21-14-27(15-21)23(28)12-19-7-8-24-16-26-19/h2-8,11,13,16,21H,9-10,12,14-15H2,1H3. The number of methoxy groups -OCH3 is 1. The van der Waals surface area contributed by atoms with Crippen LogP contribution in [0, 0.1) is 0 Å². The van der Waals surface area contributed by atoms with Gasteiger partial charge in [-0.2, -0.15) is 0 Å². The van der Waals surface area contributed by atoms with Crippen molar-refractivity contribution in [3.05, 3.63) is 66.9 Å². The van der Waals surface area contributed by atoms with Crippen molar-refractivity contribution < 1.29 is 19.0 Å². The lowest BCUT2D eigenvalue weighted by molar-refractivity contribution is -0.139. The van der Waals surface area contributed by atoms with Crippen LogP contribution in [0.2, 0.25) is 0 Å². The zero-order valence-electron chi connectivity index (χ0n) is 17.3. The molecule has 0 saturated carbocycles. The first-order valence-electron chi connectivity index (χ1n) is 10.1. The fourth-order valence-electron chi connectivity index (χ4n) is 3.21. The van der Waals surface area contributed by atoms with Gasteiger partial charge in [0.25, 0.3) is 0 Å². The quantitative estimate of drug-likeness (QED) is 0.491. The van der Waals surface area contributed by atoms with Gasteiger partial charge in [-0.25, -0.2) is 15.0 Å². The molecule has 4 rings (SSSR count). The molecule has 3 heterocycles. The first kappa shape index (κ1) is 20.7. The zero-order chi connectivity index (χ0) is 21.5. The number of aromatic nitrogens is 3. The molecule has 0 bridgehead atoms. The highest BCUT2D eigenvalue weighted by molar-refractivity contribution is 5.79. The lowest BCUT2D eigenvalue weighted by Crippen LogP contribution is -2.56. The van der Waals surface area contributed by atoms with Crippen molar-refractivity contribution in [2.24, 2.45) is 0 Å². The van der Waals surface area contributed by atoms with Gasteiger partial charge in [-0.1, -0.05) is 12.1 Å². The van der Waals surface area contributed by atoms with E-state index >= 15 is 0 Å². The van der Waals surface area contributed by atoms with Gasteiger partial charge in [-0.05, 0) is 29.8 Å². The molecule has 0 radical (unpaired) electrons. The summed E-state index contributed by atoms with van der Waals surface area (Å²) in [4.78, 5) is 26.4. The lowest BCUT2D eigenvalue weighted by Gasteiger charge is -2.38. The van der Waals surface area contributed by atoms with Crippen molar-refractivity contribution in [1.29, 1.82) is 0 Å². The summed E-state index contributed by atoms with van der Waals surface area (Å²) in [6.45, 7) is 2.15. The Balaban J connectivity index is 1.27. The predicted octanol–water partition coefficient (Wildman–Crippen LogP) is 2.40. The van der Waals surface area contributed by atoms with Crippen LogP contribution in [0.15, 0.2) is 61.2 Å². The van der Waals surface area contributed by atoms with Crippen LogP contribution in [-0.4, -0.2) is 65.3 Å². The van der Waals surface area contributed by atoms with Gasteiger partial charge < -0.3 is 19.1 Å². The summed E-state index contributed by atoms with van der Waals surface area (Å²) < 4.78 is 16.6. The minimum atomic E-state index is -0.0507. The van der Waals surface area contributed by atoms with E-state index in [-0.39, 0.29) is 18.4 Å². The van der Waals surface area contributed by atoms with Crippen molar-refractivity contribution in [2.75, 3.05) is 33.4 Å². The Morgan fingerprint density at radius 3 is 2.74 bits per heavy atom. The summed E-state index contributed by atoms with van der Waals surface area (Å²) >= 11 is 0. The fraction of sp³-hybridized carbons (Fsp3) is 0.304. The van der Waals surface area contributed by atoms with Gasteiger partial charge in [0.05, 0.1) is 31.8 Å². The second-order valence-corrected chi connectivity index (χ2v) is 7.17. The zero-order valence-corrected chi connectivity index (χ0v) is 17.3. The predicted molar refractivity (Wildman–Crippen MR) is 114 cm³/mol. The van der Waals surface area contributed by atoms with Crippen LogP contribution in [0.4, 0.5) is 0 Å². The number of hydrogen-bond acceptors (Lipinski definition) is 7. The number of ether oxygens (including phenoxy) is 3. The molecule has 1 amide bonds. The summed E-state index contributed by atoms with van der Waals surface area (Å²) in [5, 5.41) is 0. The Hall–Kier alpha value is -3.52. The van der Waals surface area contributed by atoms with Crippen molar-refractivity contribution in [3.8, 4) is 22.8 Å². The fourth-order valence-corrected chi connectivity index (χ4v) is 3.21. The first-order valence-corrected chi connectivity index (χ1v) is 10.1. The van der Waals surface area contributed by atoms with Crippen LogP contribution in [0.5, 0.6) is 11.6 Å². The number of pyridine rings is 1. The lowest BCUT2D eigenvalue weighted by atomic mass is 10.1. The van der Waals surface area contributed by atoms with Crippen molar-refractivity contribution in [1.82, 2.24) is 19.9 Å². The maximum absolute atomic E-state index is 12.3. The van der Waals surface area contributed by atoms with E-state index < -0.39 is 0 Å². The molecular weight excluding hydrogens is 396 g/mol. The molecule has 3 aromatic rings. The average Bonchev–Trinajstić information content (AvgIpc) is 2.77. The number of amides is 1. The normalized spacial score (nSPS) is 13.5. The summed E-state index contributed by atoms with van der Waals surface area (Å²) in [5.74, 6) is 1.37. The third kappa shape index (κ3) is 5.55. The molecule has 0 unspecified atom stereocenters. The van der Waals surface area contributed by atoms with E-state index in [0.717, 1.165) is 22.6 Å². The minimum Gasteiger partial charge on any atom is -0.491 e. The Bertz CT molecular complexity index is 992. The highest BCUT2D eigenvalue weighted by Crippen LogP contribution is 2.25. The number of carbonyl (C=O) groups excluding carboxylic acids is 1. The molecule has 0 aliphatic carbocycles. The van der Waals surface area contributed by atoms with Gasteiger partial charge in [0.2, 0.25) is 11.8 Å². The summed E-state index contributed by atoms with van der Waals surface area (Å²) in [6.07, 6.45) is 5.09. The van der Waals surface area contributed by atoms with Gasteiger partial charge in [-0.15, -0.1) is 0 Å². The van der Waals surface area contributed by atoms with Crippen LogP contribution >= 0.6 is 0 Å². The number of likely N-dealkylation sites (tertiary alicyclic amines) is 1. The minimum absolute atomic E-state index is 0.0365. The highest BCUT2D eigenvalue weighted by Gasteiger charge is 2.32. The molecule has 160 valence electrons. The number of nitrogens with zero attached hydrogens (tertiary/aromatic N) is 4. The molecule has 31 heavy (non-hydrogen) atoms. The third-order valence-electron chi connectivity index (χ3n) is 4.92. The van der Waals surface area contributed by atoms with Crippen LogP contribution in [0.25, 0.3) is 11.1 Å². The molecule has 8 nitrogen and oxygen atoms in total. The molecule has 1 aliphatic heterocycles. The Kier molecular flexibility index (Phi) is 6.68. The maximum atomic E-state index is 12.3. The van der Waals surface area contributed by atoms with Crippen LogP contribution < -0.4 is 9.47 Å². The topological polar surface area (TPSA) is 86.7 Å². The smallest absolute Gasteiger partial charge is 0.228 e. The van der Waals surface area contributed by atoms with Crippen LogP contribution in [-0.2, 0) is 16.0 Å². The van der Waals surface area contributed by atoms with E-state index in [0.29, 0.717) is 32.2 Å². The van der Waals surface area contributed by atoms with E-state index in [9.17, 15) is 4.79 Å². The van der Waals surface area contributed by atoms with E-state index in [4.69, 9.17) is 14.2 Å². The van der Waals surface area contributed by atoms with Crippen molar-refractivity contribution >= 4 is 5.91 Å². The largest absolute Gasteiger partial charge is 0.491 e. The van der Waals surface area contributed by atoms with Gasteiger partial charge in [-0.3, -0.25) is 4.79 Å². The van der Waals surface area contributed by atoms with Crippen LogP contribution in [0.1, 0.15) is 5.69 Å². The first-order chi connectivity index (χ1) is 15.2. The number of carbonyl (C=O) groups is 1. The highest BCUT2D eigenvalue weighted by atomic mass is 16.5. The second kappa shape index (κ2) is 9.99. The van der Waals surface area contributed by atoms with Gasteiger partial charge in [0, 0.05) is 31.1 Å². The molecule has 8 heteroatoms. The summed E-state index contributed by atoms with van der Waals surface area (Å²) in [5.41, 5.74) is 2.70. The molecule has 1 saturated heterocycles. The number of benzene rings is 1. The summed E-state index contributed by atoms with van der Waals surface area (Å²) in [7, 11) is 1.65. The molecule has 0 spiro atoms. The second-order valence-electron chi connectivity index (χ2n) is 7.17. The summed E-state index contributed by atoms with van der Waals surface area (Å²) in [6, 6.07) is 13.4. The molecule has 0 atom stereocenters. The van der Waals surface area contributed by atoms with Gasteiger partial charge in [0.1, 0.15) is 24.8 Å². The van der Waals surface area contributed by atoms with E-state index in [1.165, 1.54) is 6.33 Å². The average molecular weight is 420 g/mol. The van der Waals surface area contributed by atoms with Crippen molar-refractivity contribution in [3.63, 3.8) is 0 Å². The molecule has 2 aromatic heterocycles. The Morgan fingerprint density at radius 2 is 2.00 bits per heavy atom. The molecule has 1 fully saturated rings. The molecular formula is C23H24N4O4. The molecule has 1 aromatic carbocycles. The Labute approximate surface area is 180 Å². The number of rotatable bonds is 9. The maximum Gasteiger partial charge on any atom is 0.228 e. The van der Waals surface area contributed by atoms with Crippen LogP contribution in [0.3, 0.4) is 0 Å². The molecule has 1 aliphatic rings. The SMILES string of the molecule is COCCOc1cccc(-c2ccc(OC3CN(C(=O)Cc4ccncn4)C3)nc2)c1. The third-order valence-corrected chi connectivity index (χ3v) is 4.92.